The van der Waals surface area contributed by atoms with Gasteiger partial charge in [0, 0.05) is 18.8 Å². The number of hydrogen-bond acceptors (Lipinski definition) is 6. The van der Waals surface area contributed by atoms with Gasteiger partial charge in [-0.3, -0.25) is 14.8 Å². The monoisotopic (exact) mass is 378 g/mol. The summed E-state index contributed by atoms with van der Waals surface area (Å²) in [6, 6.07) is 7.45. The maximum absolute atomic E-state index is 12.4. The first-order valence-electron chi connectivity index (χ1n) is 8.27. The molecule has 0 atom stereocenters. The molecule has 8 heteroatoms. The largest absolute Gasteiger partial charge is 0.310 e. The quantitative estimate of drug-likeness (QED) is 0.495. The standard InChI is InChI=1S/C19H18N6OS/c1-13(11-21-12-20-2)6-7-16(26)23-17-14-8-10-27-19(14)25-18(24-17)15-5-3-4-9-22-15/h3-5,8-12H,2,6-7H2,1H3,(H,23,24,25,26)/b13-11+,21-12-. The molecule has 1 N–H and O–H groups in total. The van der Waals surface area contributed by atoms with Crippen LogP contribution in [0, 0.1) is 0 Å². The van der Waals surface area contributed by atoms with E-state index in [0.717, 1.165) is 15.8 Å². The van der Waals surface area contributed by atoms with E-state index in [2.05, 4.69) is 37.0 Å². The van der Waals surface area contributed by atoms with E-state index in [1.165, 1.54) is 17.7 Å². The van der Waals surface area contributed by atoms with Crippen LogP contribution in [0.4, 0.5) is 5.82 Å². The van der Waals surface area contributed by atoms with Gasteiger partial charge in [0.2, 0.25) is 5.91 Å². The molecule has 0 spiro atoms. The Morgan fingerprint density at radius 3 is 2.96 bits per heavy atom. The Morgan fingerprint density at radius 2 is 2.19 bits per heavy atom. The van der Waals surface area contributed by atoms with E-state index in [4.69, 9.17) is 0 Å². The summed E-state index contributed by atoms with van der Waals surface area (Å²) >= 11 is 1.50. The van der Waals surface area contributed by atoms with E-state index < -0.39 is 0 Å². The lowest BCUT2D eigenvalue weighted by atomic mass is 10.2. The number of thiophene rings is 1. The fraction of sp³-hybridized carbons (Fsp3) is 0.158. The molecule has 0 aliphatic heterocycles. The fourth-order valence-electron chi connectivity index (χ4n) is 2.34. The number of nitrogens with zero attached hydrogens (tertiary/aromatic N) is 5. The number of allylic oxidation sites excluding steroid dienone is 1. The van der Waals surface area contributed by atoms with Gasteiger partial charge in [0.25, 0.3) is 0 Å². The van der Waals surface area contributed by atoms with Crippen LogP contribution in [-0.2, 0) is 4.79 Å². The van der Waals surface area contributed by atoms with E-state index >= 15 is 0 Å². The van der Waals surface area contributed by atoms with Crippen LogP contribution in [0.3, 0.4) is 0 Å². The average molecular weight is 378 g/mol. The molecule has 3 heterocycles. The Bertz CT molecular complexity index is 1010. The summed E-state index contributed by atoms with van der Waals surface area (Å²) in [4.78, 5) is 34.0. The molecule has 136 valence electrons. The molecule has 1 amide bonds. The minimum Gasteiger partial charge on any atom is -0.310 e. The number of pyridine rings is 1. The molecule has 27 heavy (non-hydrogen) atoms. The van der Waals surface area contributed by atoms with Crippen LogP contribution in [-0.4, -0.2) is 33.9 Å². The number of hydrogen-bond donors (Lipinski definition) is 1. The maximum atomic E-state index is 12.4. The molecule has 0 saturated carbocycles. The van der Waals surface area contributed by atoms with Crippen molar-refractivity contribution in [1.29, 1.82) is 0 Å². The zero-order chi connectivity index (χ0) is 19.1. The molecule has 0 radical (unpaired) electrons. The van der Waals surface area contributed by atoms with E-state index in [9.17, 15) is 4.79 Å². The summed E-state index contributed by atoms with van der Waals surface area (Å²) in [5, 5.41) is 5.65. The van der Waals surface area contributed by atoms with Crippen LogP contribution in [0.25, 0.3) is 21.7 Å². The minimum atomic E-state index is -0.119. The lowest BCUT2D eigenvalue weighted by Crippen LogP contribution is -2.13. The zero-order valence-corrected chi connectivity index (χ0v) is 15.6. The van der Waals surface area contributed by atoms with E-state index in [0.29, 0.717) is 30.2 Å². The minimum absolute atomic E-state index is 0.119. The molecule has 0 saturated heterocycles. The molecular formula is C19H18N6OS. The van der Waals surface area contributed by atoms with Gasteiger partial charge in [0.1, 0.15) is 22.7 Å². The number of rotatable bonds is 7. The SMILES string of the molecule is C=N/C=N\C=C(/C)CCC(=O)Nc1nc(-c2ccccn2)nc2sccc12. The van der Waals surface area contributed by atoms with Crippen molar-refractivity contribution in [3.63, 3.8) is 0 Å². The van der Waals surface area contributed by atoms with Crippen molar-refractivity contribution in [2.75, 3.05) is 5.32 Å². The third-order valence-corrected chi connectivity index (χ3v) is 4.47. The first-order chi connectivity index (χ1) is 13.2. The second kappa shape index (κ2) is 8.91. The van der Waals surface area contributed by atoms with Crippen molar-refractivity contribution in [2.45, 2.75) is 19.8 Å². The highest BCUT2D eigenvalue weighted by molar-refractivity contribution is 7.16. The van der Waals surface area contributed by atoms with Gasteiger partial charge in [-0.1, -0.05) is 11.6 Å². The van der Waals surface area contributed by atoms with Gasteiger partial charge in [0.05, 0.1) is 5.39 Å². The number of nitrogens with one attached hydrogen (secondary N) is 1. The van der Waals surface area contributed by atoms with E-state index in [1.807, 2.05) is 36.6 Å². The summed E-state index contributed by atoms with van der Waals surface area (Å²) in [7, 11) is 0. The number of anilines is 1. The van der Waals surface area contributed by atoms with Gasteiger partial charge >= 0.3 is 0 Å². The van der Waals surface area contributed by atoms with Crippen molar-refractivity contribution < 1.29 is 4.79 Å². The Morgan fingerprint density at radius 1 is 1.30 bits per heavy atom. The molecular weight excluding hydrogens is 360 g/mol. The molecule has 3 aromatic heterocycles. The van der Waals surface area contributed by atoms with Crippen molar-refractivity contribution in [3.05, 3.63) is 47.6 Å². The normalized spacial score (nSPS) is 11.8. The number of amides is 1. The molecule has 0 aliphatic carbocycles. The Hall–Kier alpha value is -3.26. The van der Waals surface area contributed by atoms with Crippen LogP contribution in [0.1, 0.15) is 19.8 Å². The molecule has 3 rings (SSSR count). The highest BCUT2D eigenvalue weighted by Gasteiger charge is 2.13. The van der Waals surface area contributed by atoms with Crippen molar-refractivity contribution in [3.8, 4) is 11.5 Å². The average Bonchev–Trinajstić information content (AvgIpc) is 3.16. The van der Waals surface area contributed by atoms with Gasteiger partial charge in [-0.15, -0.1) is 11.3 Å². The van der Waals surface area contributed by atoms with E-state index in [-0.39, 0.29) is 5.91 Å². The summed E-state index contributed by atoms with van der Waals surface area (Å²) in [5.41, 5.74) is 1.64. The van der Waals surface area contributed by atoms with Gasteiger partial charge in [-0.25, -0.2) is 15.0 Å². The fourth-order valence-corrected chi connectivity index (χ4v) is 3.10. The van der Waals surface area contributed by atoms with Crippen LogP contribution in [0.15, 0.2) is 57.6 Å². The van der Waals surface area contributed by atoms with Crippen molar-refractivity contribution >= 4 is 46.3 Å². The van der Waals surface area contributed by atoms with E-state index in [1.54, 1.807) is 12.4 Å². The highest BCUT2D eigenvalue weighted by atomic mass is 32.1. The van der Waals surface area contributed by atoms with Crippen molar-refractivity contribution in [2.24, 2.45) is 9.98 Å². The number of fused-ring (bicyclic) bond motifs is 1. The van der Waals surface area contributed by atoms with Crippen molar-refractivity contribution in [1.82, 2.24) is 15.0 Å². The smallest absolute Gasteiger partial charge is 0.225 e. The van der Waals surface area contributed by atoms with Gasteiger partial charge < -0.3 is 5.32 Å². The second-order valence-electron chi connectivity index (χ2n) is 5.72. The summed E-state index contributed by atoms with van der Waals surface area (Å²) in [6.07, 6.45) is 5.63. The van der Waals surface area contributed by atoms with Crippen LogP contribution in [0.2, 0.25) is 0 Å². The predicted molar refractivity (Wildman–Crippen MR) is 110 cm³/mol. The highest BCUT2D eigenvalue weighted by Crippen LogP contribution is 2.28. The summed E-state index contributed by atoms with van der Waals surface area (Å²) < 4.78 is 0. The summed E-state index contributed by atoms with van der Waals surface area (Å²) in [6.45, 7) is 5.23. The molecule has 0 unspecified atom stereocenters. The number of aliphatic imine (C=N–C) groups is 2. The Kier molecular flexibility index (Phi) is 6.11. The van der Waals surface area contributed by atoms with Gasteiger partial charge in [-0.2, -0.15) is 0 Å². The molecule has 0 aliphatic rings. The molecule has 0 bridgehead atoms. The Labute approximate surface area is 160 Å². The van der Waals surface area contributed by atoms with Crippen LogP contribution >= 0.6 is 11.3 Å². The maximum Gasteiger partial charge on any atom is 0.225 e. The third kappa shape index (κ3) is 4.89. The van der Waals surface area contributed by atoms with Gasteiger partial charge in [-0.05, 0) is 43.6 Å². The summed E-state index contributed by atoms with van der Waals surface area (Å²) in [5.74, 6) is 0.873. The Balaban J connectivity index is 1.77. The first kappa shape index (κ1) is 18.5. The lowest BCUT2D eigenvalue weighted by Gasteiger charge is -2.08. The third-order valence-electron chi connectivity index (χ3n) is 3.67. The topological polar surface area (TPSA) is 92.5 Å². The second-order valence-corrected chi connectivity index (χ2v) is 6.62. The molecule has 7 nitrogen and oxygen atoms in total. The molecule has 0 fully saturated rings. The van der Waals surface area contributed by atoms with Gasteiger partial charge in [0.15, 0.2) is 5.82 Å². The van der Waals surface area contributed by atoms with Crippen LogP contribution in [0.5, 0.6) is 0 Å². The lowest BCUT2D eigenvalue weighted by molar-refractivity contribution is -0.116. The van der Waals surface area contributed by atoms with Crippen LogP contribution < -0.4 is 5.32 Å². The zero-order valence-electron chi connectivity index (χ0n) is 14.8. The molecule has 0 aromatic carbocycles. The number of aromatic nitrogens is 3. The molecule has 3 aromatic rings. The first-order valence-corrected chi connectivity index (χ1v) is 9.15. The predicted octanol–water partition coefficient (Wildman–Crippen LogP) is 4.10. The number of carbonyl (C=O) groups excluding carboxylic acids is 1. The number of carbonyl (C=O) groups is 1.